The first-order valence-corrected chi connectivity index (χ1v) is 9.60. The van der Waals surface area contributed by atoms with E-state index >= 15 is 0 Å². The number of carbonyl (C=O) groups is 3. The maximum absolute atomic E-state index is 12.7. The number of piperidine rings is 1. The number of carbonyl (C=O) groups excluding carboxylic acids is 3. The zero-order valence-corrected chi connectivity index (χ0v) is 15.4. The molecule has 140 valence electrons. The number of amides is 3. The topological polar surface area (TPSA) is 102 Å². The van der Waals surface area contributed by atoms with Crippen LogP contribution in [0.5, 0.6) is 5.75 Å². The summed E-state index contributed by atoms with van der Waals surface area (Å²) in [5.74, 6) is -0.104. The molecular formula is C19H19N3O4S. The zero-order chi connectivity index (χ0) is 19.0. The van der Waals surface area contributed by atoms with Crippen LogP contribution in [0.4, 0.5) is 0 Å². The van der Waals surface area contributed by atoms with Crippen LogP contribution in [0, 0.1) is 0 Å². The highest BCUT2D eigenvalue weighted by molar-refractivity contribution is 7.10. The van der Waals surface area contributed by atoms with E-state index in [2.05, 4.69) is 5.32 Å². The van der Waals surface area contributed by atoms with Gasteiger partial charge >= 0.3 is 0 Å². The summed E-state index contributed by atoms with van der Waals surface area (Å²) in [5, 5.41) is 4.13. The van der Waals surface area contributed by atoms with Gasteiger partial charge in [0, 0.05) is 35.3 Å². The number of nitrogens with one attached hydrogen (secondary N) is 1. The molecule has 8 heteroatoms. The first-order valence-electron chi connectivity index (χ1n) is 8.72. The number of fused-ring (bicyclic) bond motifs is 1. The SMILES string of the molecule is NCc1ccc(OCc2scc3c2CN(C2CCC(=O)NC2=O)C3=O)cc1. The molecule has 2 aromatic rings. The van der Waals surface area contributed by atoms with E-state index in [4.69, 9.17) is 10.5 Å². The largest absolute Gasteiger partial charge is 0.488 e. The predicted molar refractivity (Wildman–Crippen MR) is 99.0 cm³/mol. The summed E-state index contributed by atoms with van der Waals surface area (Å²) >= 11 is 1.49. The highest BCUT2D eigenvalue weighted by atomic mass is 32.1. The number of imide groups is 1. The summed E-state index contributed by atoms with van der Waals surface area (Å²) in [4.78, 5) is 38.7. The molecular weight excluding hydrogens is 366 g/mol. The van der Waals surface area contributed by atoms with Crippen molar-refractivity contribution in [2.24, 2.45) is 5.73 Å². The van der Waals surface area contributed by atoms with E-state index in [0.717, 1.165) is 21.8 Å². The van der Waals surface area contributed by atoms with Crippen molar-refractivity contribution < 1.29 is 19.1 Å². The minimum absolute atomic E-state index is 0.158. The second kappa shape index (κ2) is 7.13. The monoisotopic (exact) mass is 385 g/mol. The van der Waals surface area contributed by atoms with Gasteiger partial charge in [-0.05, 0) is 24.1 Å². The van der Waals surface area contributed by atoms with E-state index in [1.165, 1.54) is 11.3 Å². The van der Waals surface area contributed by atoms with Crippen LogP contribution in [-0.4, -0.2) is 28.7 Å². The van der Waals surface area contributed by atoms with Crippen molar-refractivity contribution in [3.8, 4) is 5.75 Å². The lowest BCUT2D eigenvalue weighted by Crippen LogP contribution is -2.52. The number of thiophene rings is 1. The van der Waals surface area contributed by atoms with Gasteiger partial charge < -0.3 is 15.4 Å². The van der Waals surface area contributed by atoms with Gasteiger partial charge in [0.2, 0.25) is 11.8 Å². The third kappa shape index (κ3) is 3.33. The number of ether oxygens (including phenoxy) is 1. The second-order valence-electron chi connectivity index (χ2n) is 6.59. The zero-order valence-electron chi connectivity index (χ0n) is 14.6. The maximum atomic E-state index is 12.7. The summed E-state index contributed by atoms with van der Waals surface area (Å²) < 4.78 is 5.84. The van der Waals surface area contributed by atoms with Gasteiger partial charge in [-0.1, -0.05) is 12.1 Å². The molecule has 2 aliphatic heterocycles. The lowest BCUT2D eigenvalue weighted by Gasteiger charge is -2.29. The molecule has 0 bridgehead atoms. The Morgan fingerprint density at radius 1 is 1.22 bits per heavy atom. The van der Waals surface area contributed by atoms with Crippen LogP contribution >= 0.6 is 11.3 Å². The van der Waals surface area contributed by atoms with Gasteiger partial charge in [0.05, 0.1) is 5.56 Å². The van der Waals surface area contributed by atoms with E-state index in [1.807, 2.05) is 29.6 Å². The first-order chi connectivity index (χ1) is 13.1. The molecule has 0 aliphatic carbocycles. The molecule has 4 rings (SSSR count). The quantitative estimate of drug-likeness (QED) is 0.761. The summed E-state index contributed by atoms with van der Waals surface area (Å²) in [5.41, 5.74) is 8.16. The minimum Gasteiger partial charge on any atom is -0.488 e. The summed E-state index contributed by atoms with van der Waals surface area (Å²) in [6.07, 6.45) is 0.616. The van der Waals surface area contributed by atoms with Crippen LogP contribution in [0.3, 0.4) is 0 Å². The Morgan fingerprint density at radius 3 is 2.70 bits per heavy atom. The highest BCUT2D eigenvalue weighted by Crippen LogP contribution is 2.34. The molecule has 7 nitrogen and oxygen atoms in total. The smallest absolute Gasteiger partial charge is 0.256 e. The molecule has 1 saturated heterocycles. The van der Waals surface area contributed by atoms with Crippen LogP contribution in [0.25, 0.3) is 0 Å². The van der Waals surface area contributed by atoms with Gasteiger partial charge in [0.25, 0.3) is 5.91 Å². The lowest BCUT2D eigenvalue weighted by molar-refractivity contribution is -0.136. The van der Waals surface area contributed by atoms with Gasteiger partial charge in [-0.25, -0.2) is 0 Å². The number of nitrogens with two attached hydrogens (primary N) is 1. The Morgan fingerprint density at radius 2 is 2.00 bits per heavy atom. The third-order valence-electron chi connectivity index (χ3n) is 4.92. The number of rotatable bonds is 5. The molecule has 3 N–H and O–H groups in total. The fourth-order valence-electron chi connectivity index (χ4n) is 3.40. The van der Waals surface area contributed by atoms with Gasteiger partial charge in [-0.2, -0.15) is 0 Å². The minimum atomic E-state index is -0.592. The first kappa shape index (κ1) is 17.7. The predicted octanol–water partition coefficient (Wildman–Crippen LogP) is 1.55. The van der Waals surface area contributed by atoms with Crippen LogP contribution in [-0.2, 0) is 29.3 Å². The Hall–Kier alpha value is -2.71. The molecule has 1 aromatic heterocycles. The van der Waals surface area contributed by atoms with E-state index in [-0.39, 0.29) is 18.2 Å². The number of hydrogen-bond donors (Lipinski definition) is 2. The average molecular weight is 385 g/mol. The molecule has 1 unspecified atom stereocenters. The molecule has 2 aliphatic rings. The Kier molecular flexibility index (Phi) is 4.67. The standard InChI is InChI=1S/C19H19N3O4S/c20-7-11-1-3-12(4-2-11)26-9-16-13-8-22(19(25)14(13)10-27-16)15-5-6-17(23)21-18(15)24/h1-4,10,15H,5-9,20H2,(H,21,23,24). The molecule has 0 saturated carbocycles. The maximum Gasteiger partial charge on any atom is 0.256 e. The van der Waals surface area contributed by atoms with Crippen molar-refractivity contribution in [1.29, 1.82) is 0 Å². The van der Waals surface area contributed by atoms with E-state index < -0.39 is 11.9 Å². The Balaban J connectivity index is 1.46. The molecule has 0 radical (unpaired) electrons. The van der Waals surface area contributed by atoms with Gasteiger partial charge in [-0.15, -0.1) is 11.3 Å². The second-order valence-corrected chi connectivity index (χ2v) is 7.55. The van der Waals surface area contributed by atoms with Crippen LogP contribution in [0.15, 0.2) is 29.6 Å². The summed E-state index contributed by atoms with van der Waals surface area (Å²) in [6, 6.07) is 6.99. The van der Waals surface area contributed by atoms with Crippen LogP contribution < -0.4 is 15.8 Å². The lowest BCUT2D eigenvalue weighted by atomic mass is 10.0. The normalized spacial score (nSPS) is 19.2. The van der Waals surface area contributed by atoms with Crippen molar-refractivity contribution in [1.82, 2.24) is 10.2 Å². The summed E-state index contributed by atoms with van der Waals surface area (Å²) in [7, 11) is 0. The van der Waals surface area contributed by atoms with Crippen molar-refractivity contribution in [2.45, 2.75) is 38.6 Å². The van der Waals surface area contributed by atoms with Crippen LogP contribution in [0.1, 0.15) is 39.2 Å². The van der Waals surface area contributed by atoms with E-state index in [9.17, 15) is 14.4 Å². The van der Waals surface area contributed by atoms with E-state index in [0.29, 0.717) is 31.7 Å². The Bertz CT molecular complexity index is 906. The Labute approximate surface area is 160 Å². The molecule has 1 atom stereocenters. The highest BCUT2D eigenvalue weighted by Gasteiger charge is 2.40. The molecule has 3 heterocycles. The van der Waals surface area contributed by atoms with Crippen molar-refractivity contribution >= 4 is 29.1 Å². The fraction of sp³-hybridized carbons (Fsp3) is 0.316. The molecule has 1 aromatic carbocycles. The fourth-order valence-corrected chi connectivity index (χ4v) is 4.34. The van der Waals surface area contributed by atoms with Crippen LogP contribution in [0.2, 0.25) is 0 Å². The van der Waals surface area contributed by atoms with Gasteiger partial charge in [0.15, 0.2) is 0 Å². The third-order valence-corrected chi connectivity index (χ3v) is 5.92. The molecule has 0 spiro atoms. The van der Waals surface area contributed by atoms with Crippen molar-refractivity contribution in [2.75, 3.05) is 0 Å². The molecule has 3 amide bonds. The number of benzene rings is 1. The average Bonchev–Trinajstić information content (AvgIpc) is 3.21. The number of nitrogens with zero attached hydrogens (tertiary/aromatic N) is 1. The number of hydrogen-bond acceptors (Lipinski definition) is 6. The van der Waals surface area contributed by atoms with Crippen molar-refractivity contribution in [3.05, 3.63) is 51.2 Å². The van der Waals surface area contributed by atoms with Gasteiger partial charge in [0.1, 0.15) is 18.4 Å². The molecule has 27 heavy (non-hydrogen) atoms. The van der Waals surface area contributed by atoms with Crippen molar-refractivity contribution in [3.63, 3.8) is 0 Å². The van der Waals surface area contributed by atoms with E-state index in [1.54, 1.807) is 4.90 Å². The van der Waals surface area contributed by atoms with Gasteiger partial charge in [-0.3, -0.25) is 19.7 Å². The summed E-state index contributed by atoms with van der Waals surface area (Å²) in [6.45, 7) is 1.21. The molecule has 1 fully saturated rings.